The zero-order chi connectivity index (χ0) is 29.0. The van der Waals surface area contributed by atoms with Crippen molar-refractivity contribution in [2.24, 2.45) is 17.8 Å². The standard InChI is InChI=1S/C31H41ClN2O5S/c1-5-8-9-12-18-39-30(38)25-24-15-16-31(40-24)26(25)28(36)34(23(19-35)20(4)7-3)27(31)29(37)33(17-6-2)22-14-11-10-13-21(22)32/h5-6,10-11,13-14,20,23-27,35H,1-2,7-9,12,15-19H2,3-4H3/t20-,23-,24+,25-,26-,27?,31?/m0/s1. The molecule has 3 saturated heterocycles. The SMILES string of the molecule is C=CCCCCOC(=O)[C@@H]1[C@H]2C(=O)N([C@@H](CO)[C@@H](C)CC)C(C(=O)N(CC=C)c3ccccc3Cl)C23CC[C@H]1S3. The molecular weight excluding hydrogens is 548 g/mol. The second kappa shape index (κ2) is 13.1. The molecule has 0 aliphatic carbocycles. The molecule has 2 unspecified atom stereocenters. The summed E-state index contributed by atoms with van der Waals surface area (Å²) in [4.78, 5) is 45.7. The molecule has 1 N–H and O–H groups in total. The van der Waals surface area contributed by atoms with Crippen molar-refractivity contribution in [3.8, 4) is 0 Å². The quantitative estimate of drug-likeness (QED) is 0.181. The summed E-state index contributed by atoms with van der Waals surface area (Å²) in [5, 5.41) is 10.9. The van der Waals surface area contributed by atoms with E-state index in [1.54, 1.807) is 45.8 Å². The Morgan fingerprint density at radius 2 is 2.05 bits per heavy atom. The maximum absolute atomic E-state index is 14.7. The lowest BCUT2D eigenvalue weighted by molar-refractivity contribution is -0.155. The maximum Gasteiger partial charge on any atom is 0.310 e. The average molecular weight is 589 g/mol. The summed E-state index contributed by atoms with van der Waals surface area (Å²) in [5.41, 5.74) is 0.540. The number of carbonyl (C=O) groups excluding carboxylic acids is 3. The number of esters is 1. The number of carbonyl (C=O) groups is 3. The predicted molar refractivity (Wildman–Crippen MR) is 160 cm³/mol. The molecule has 1 aromatic rings. The first-order chi connectivity index (χ1) is 19.3. The molecule has 40 heavy (non-hydrogen) atoms. The number of hydrogen-bond donors (Lipinski definition) is 1. The minimum Gasteiger partial charge on any atom is -0.465 e. The van der Waals surface area contributed by atoms with E-state index in [2.05, 4.69) is 13.2 Å². The molecule has 0 aromatic heterocycles. The zero-order valence-corrected chi connectivity index (χ0v) is 25.0. The van der Waals surface area contributed by atoms with Crippen molar-refractivity contribution in [3.63, 3.8) is 0 Å². The summed E-state index contributed by atoms with van der Waals surface area (Å²) < 4.78 is 4.92. The van der Waals surface area contributed by atoms with E-state index in [9.17, 15) is 19.5 Å². The molecule has 3 heterocycles. The Morgan fingerprint density at radius 1 is 1.30 bits per heavy atom. The number of aliphatic hydroxyl groups is 1. The maximum atomic E-state index is 14.7. The number of fused-ring (bicyclic) bond motifs is 1. The van der Waals surface area contributed by atoms with Gasteiger partial charge in [-0.2, -0.15) is 0 Å². The van der Waals surface area contributed by atoms with Crippen LogP contribution in [0.15, 0.2) is 49.6 Å². The Hall–Kier alpha value is -2.29. The highest BCUT2D eigenvalue weighted by Crippen LogP contribution is 2.67. The number of hydrogen-bond acceptors (Lipinski definition) is 6. The molecule has 7 nitrogen and oxygen atoms in total. The molecule has 9 heteroatoms. The van der Waals surface area contributed by atoms with Gasteiger partial charge >= 0.3 is 5.97 Å². The van der Waals surface area contributed by atoms with Gasteiger partial charge in [0.05, 0.1) is 46.5 Å². The molecule has 7 atom stereocenters. The summed E-state index contributed by atoms with van der Waals surface area (Å²) >= 11 is 8.14. The first kappa shape index (κ1) is 30.7. The van der Waals surface area contributed by atoms with Crippen molar-refractivity contribution in [1.29, 1.82) is 0 Å². The van der Waals surface area contributed by atoms with Crippen LogP contribution in [0.4, 0.5) is 5.69 Å². The van der Waals surface area contributed by atoms with Crippen LogP contribution in [0.5, 0.6) is 0 Å². The van der Waals surface area contributed by atoms with E-state index in [0.29, 0.717) is 23.7 Å². The predicted octanol–water partition coefficient (Wildman–Crippen LogP) is 5.26. The van der Waals surface area contributed by atoms with Crippen LogP contribution in [0.3, 0.4) is 0 Å². The van der Waals surface area contributed by atoms with E-state index in [-0.39, 0.29) is 42.1 Å². The van der Waals surface area contributed by atoms with Gasteiger partial charge in [0, 0.05) is 11.8 Å². The summed E-state index contributed by atoms with van der Waals surface area (Å²) in [7, 11) is 0. The van der Waals surface area contributed by atoms with Crippen molar-refractivity contribution >= 4 is 46.8 Å². The van der Waals surface area contributed by atoms with Crippen molar-refractivity contribution in [1.82, 2.24) is 4.90 Å². The molecule has 3 fully saturated rings. The van der Waals surface area contributed by atoms with Gasteiger partial charge in [-0.15, -0.1) is 24.9 Å². The second-order valence-electron chi connectivity index (χ2n) is 11.1. The summed E-state index contributed by atoms with van der Waals surface area (Å²) in [6, 6.07) is 5.71. The summed E-state index contributed by atoms with van der Waals surface area (Å²) in [5.74, 6) is -2.21. The normalized spacial score (nSPS) is 28.2. The van der Waals surface area contributed by atoms with Crippen LogP contribution in [-0.2, 0) is 19.1 Å². The highest BCUT2D eigenvalue weighted by molar-refractivity contribution is 8.02. The fourth-order valence-corrected chi connectivity index (χ4v) is 9.15. The van der Waals surface area contributed by atoms with Gasteiger partial charge in [-0.25, -0.2) is 0 Å². The first-order valence-corrected chi connectivity index (χ1v) is 15.6. The Morgan fingerprint density at radius 3 is 2.70 bits per heavy atom. The van der Waals surface area contributed by atoms with Crippen LogP contribution in [-0.4, -0.2) is 69.6 Å². The van der Waals surface area contributed by atoms with Gasteiger partial charge < -0.3 is 19.6 Å². The number of aliphatic hydroxyl groups excluding tert-OH is 1. The summed E-state index contributed by atoms with van der Waals surface area (Å²) in [6.45, 7) is 11.8. The van der Waals surface area contributed by atoms with Gasteiger partial charge in [-0.3, -0.25) is 14.4 Å². The number of rotatable bonds is 14. The number of anilines is 1. The molecule has 3 aliphatic heterocycles. The van der Waals surface area contributed by atoms with Gasteiger partial charge in [0.15, 0.2) is 0 Å². The fourth-order valence-electron chi connectivity index (χ4n) is 6.72. The van der Waals surface area contributed by atoms with E-state index in [4.69, 9.17) is 16.3 Å². The van der Waals surface area contributed by atoms with Crippen molar-refractivity contribution in [3.05, 3.63) is 54.6 Å². The van der Waals surface area contributed by atoms with Gasteiger partial charge in [-0.05, 0) is 50.2 Å². The topological polar surface area (TPSA) is 87.1 Å². The van der Waals surface area contributed by atoms with Crippen LogP contribution in [0.1, 0.15) is 52.4 Å². The van der Waals surface area contributed by atoms with Gasteiger partial charge in [0.2, 0.25) is 5.91 Å². The Balaban J connectivity index is 1.74. The number of para-hydroxylation sites is 1. The van der Waals surface area contributed by atoms with Crippen molar-refractivity contribution < 1.29 is 24.2 Å². The number of likely N-dealkylation sites (tertiary alicyclic amines) is 1. The number of nitrogens with zero attached hydrogens (tertiary/aromatic N) is 2. The smallest absolute Gasteiger partial charge is 0.310 e. The fraction of sp³-hybridized carbons (Fsp3) is 0.581. The Kier molecular flexibility index (Phi) is 10.1. The number of thioether (sulfide) groups is 1. The van der Waals surface area contributed by atoms with E-state index in [0.717, 1.165) is 32.1 Å². The minimum atomic E-state index is -0.854. The molecule has 3 aliphatic rings. The third-order valence-corrected chi connectivity index (χ3v) is 11.1. The number of ether oxygens (including phenoxy) is 1. The molecule has 1 spiro atoms. The molecule has 218 valence electrons. The van der Waals surface area contributed by atoms with E-state index in [1.165, 1.54) is 0 Å². The van der Waals surface area contributed by atoms with Crippen LogP contribution >= 0.6 is 23.4 Å². The lowest BCUT2D eigenvalue weighted by Gasteiger charge is -2.41. The lowest BCUT2D eigenvalue weighted by Crippen LogP contribution is -2.58. The zero-order valence-electron chi connectivity index (χ0n) is 23.5. The lowest BCUT2D eigenvalue weighted by atomic mass is 9.71. The third kappa shape index (κ3) is 5.35. The van der Waals surface area contributed by atoms with Gasteiger partial charge in [0.25, 0.3) is 5.91 Å². The van der Waals surface area contributed by atoms with Gasteiger partial charge in [-0.1, -0.05) is 56.2 Å². The number of allylic oxidation sites excluding steroid dienone is 1. The molecule has 2 bridgehead atoms. The van der Waals surface area contributed by atoms with Crippen molar-refractivity contribution in [2.45, 2.75) is 74.5 Å². The van der Waals surface area contributed by atoms with Crippen LogP contribution < -0.4 is 4.90 Å². The van der Waals surface area contributed by atoms with E-state index >= 15 is 0 Å². The second-order valence-corrected chi connectivity index (χ2v) is 13.1. The van der Waals surface area contributed by atoms with Crippen LogP contribution in [0.2, 0.25) is 5.02 Å². The van der Waals surface area contributed by atoms with Crippen molar-refractivity contribution in [2.75, 3.05) is 24.7 Å². The average Bonchev–Trinajstić information content (AvgIpc) is 3.59. The molecule has 0 saturated carbocycles. The monoisotopic (exact) mass is 588 g/mol. The number of unbranched alkanes of at least 4 members (excludes halogenated alkanes) is 2. The molecule has 2 amide bonds. The molecule has 1 aromatic carbocycles. The molecule has 4 rings (SSSR count). The highest BCUT2D eigenvalue weighted by atomic mass is 35.5. The Labute approximate surface area is 246 Å². The highest BCUT2D eigenvalue weighted by Gasteiger charge is 2.75. The largest absolute Gasteiger partial charge is 0.465 e. The number of benzene rings is 1. The molecular formula is C31H41ClN2O5S. The Bertz CT molecular complexity index is 1130. The van der Waals surface area contributed by atoms with Crippen LogP contribution in [0.25, 0.3) is 0 Å². The minimum absolute atomic E-state index is 0.0508. The van der Waals surface area contributed by atoms with Gasteiger partial charge in [0.1, 0.15) is 6.04 Å². The number of amides is 2. The number of halogens is 1. The third-order valence-electron chi connectivity index (χ3n) is 8.86. The van der Waals surface area contributed by atoms with E-state index < -0.39 is 28.7 Å². The first-order valence-electron chi connectivity index (χ1n) is 14.3. The van der Waals surface area contributed by atoms with Crippen LogP contribution in [0, 0.1) is 17.8 Å². The van der Waals surface area contributed by atoms with E-state index in [1.807, 2.05) is 26.0 Å². The molecule has 0 radical (unpaired) electrons. The summed E-state index contributed by atoms with van der Waals surface area (Å²) in [6.07, 6.45) is 8.03.